The van der Waals surface area contributed by atoms with E-state index in [1.165, 1.54) is 0 Å². The normalized spacial score (nSPS) is 21.6. The maximum atomic E-state index is 13.6. The Balaban J connectivity index is 1.06. The first-order valence-corrected chi connectivity index (χ1v) is 18.0. The van der Waals surface area contributed by atoms with Crippen LogP contribution >= 0.6 is 0 Å². The molecule has 6 rings (SSSR count). The molecule has 0 N–H and O–H groups in total. The van der Waals surface area contributed by atoms with E-state index in [9.17, 15) is 9.59 Å². The zero-order valence-electron chi connectivity index (χ0n) is 31.6. The van der Waals surface area contributed by atoms with Gasteiger partial charge in [-0.15, -0.1) is 0 Å². The van der Waals surface area contributed by atoms with Crippen LogP contribution in [0.15, 0.2) is 53.6 Å². The van der Waals surface area contributed by atoms with E-state index in [2.05, 4.69) is 57.7 Å². The summed E-state index contributed by atoms with van der Waals surface area (Å²) in [5, 5.41) is 0. The van der Waals surface area contributed by atoms with Crippen LogP contribution in [0.1, 0.15) is 87.4 Å². The molecule has 2 aromatic carbocycles. The number of carbonyl (C=O) groups excluding carboxylic acids is 2. The average Bonchev–Trinajstić information content (AvgIpc) is 3.64. The minimum absolute atomic E-state index is 0.000121. The van der Waals surface area contributed by atoms with Crippen LogP contribution in [0.3, 0.4) is 0 Å². The number of fused-ring (bicyclic) bond motifs is 4. The van der Waals surface area contributed by atoms with Crippen LogP contribution in [0.5, 0.6) is 23.0 Å². The fraction of sp³-hybridized carbons (Fsp3) is 0.537. The third-order valence-corrected chi connectivity index (χ3v) is 11.2. The molecule has 0 aliphatic carbocycles. The summed E-state index contributed by atoms with van der Waals surface area (Å²) in [4.78, 5) is 37.6. The minimum atomic E-state index is -0.132. The Bertz CT molecular complexity index is 1760. The molecule has 0 bridgehead atoms. The van der Waals surface area contributed by atoms with E-state index in [0.29, 0.717) is 66.1 Å². The van der Waals surface area contributed by atoms with Crippen molar-refractivity contribution in [2.24, 2.45) is 15.8 Å². The number of aliphatic imine (C=N–C) groups is 1. The second-order valence-corrected chi connectivity index (χ2v) is 16.3. The number of nitrogens with zero attached hydrogens (tertiary/aromatic N) is 4. The van der Waals surface area contributed by atoms with E-state index in [0.717, 1.165) is 48.9 Å². The first-order valence-electron chi connectivity index (χ1n) is 18.0. The third kappa shape index (κ3) is 7.32. The Hall–Kier alpha value is -4.47. The molecule has 10 heteroatoms. The molecule has 4 aliphatic heterocycles. The lowest BCUT2D eigenvalue weighted by Gasteiger charge is -2.32. The molecular formula is C41H54N4O6. The van der Waals surface area contributed by atoms with Gasteiger partial charge in [-0.2, -0.15) is 0 Å². The third-order valence-electron chi connectivity index (χ3n) is 11.2. The molecule has 0 spiro atoms. The lowest BCUT2D eigenvalue weighted by molar-refractivity contribution is 0.0732. The minimum Gasteiger partial charge on any atom is -0.493 e. The van der Waals surface area contributed by atoms with Crippen molar-refractivity contribution in [2.75, 3.05) is 52.5 Å². The fourth-order valence-corrected chi connectivity index (χ4v) is 7.59. The highest BCUT2D eigenvalue weighted by molar-refractivity contribution is 6.04. The van der Waals surface area contributed by atoms with Crippen LogP contribution in [-0.2, 0) is 0 Å². The van der Waals surface area contributed by atoms with E-state index < -0.39 is 0 Å². The van der Waals surface area contributed by atoms with Gasteiger partial charge in [0.25, 0.3) is 11.8 Å². The molecule has 0 aromatic heterocycles. The van der Waals surface area contributed by atoms with E-state index >= 15 is 0 Å². The highest BCUT2D eigenvalue weighted by Gasteiger charge is 2.41. The molecule has 2 amide bonds. The van der Waals surface area contributed by atoms with Crippen LogP contribution in [0, 0.1) is 10.8 Å². The summed E-state index contributed by atoms with van der Waals surface area (Å²) in [5.41, 5.74) is 4.60. The number of rotatable bonds is 12. The van der Waals surface area contributed by atoms with Crippen LogP contribution in [-0.4, -0.2) is 93.5 Å². The lowest BCUT2D eigenvalue weighted by Crippen LogP contribution is -2.45. The van der Waals surface area contributed by atoms with Crippen molar-refractivity contribution in [3.05, 3.63) is 59.7 Å². The van der Waals surface area contributed by atoms with Crippen molar-refractivity contribution < 1.29 is 28.5 Å². The summed E-state index contributed by atoms with van der Waals surface area (Å²) < 4.78 is 24.2. The van der Waals surface area contributed by atoms with Crippen molar-refractivity contribution in [3.63, 3.8) is 0 Å². The van der Waals surface area contributed by atoms with Crippen LogP contribution < -0.4 is 23.8 Å². The summed E-state index contributed by atoms with van der Waals surface area (Å²) in [5.74, 6) is 2.25. The predicted octanol–water partition coefficient (Wildman–Crippen LogP) is 7.48. The number of amides is 2. The molecule has 2 aromatic rings. The topological polar surface area (TPSA) is 93.1 Å². The summed E-state index contributed by atoms with van der Waals surface area (Å²) in [6.07, 6.45) is 6.13. The van der Waals surface area contributed by atoms with E-state index in [1.807, 2.05) is 41.3 Å². The smallest absolute Gasteiger partial charge is 0.257 e. The number of anilines is 1. The number of likely N-dealkylation sites (N-methyl/N-ethyl adjacent to an activating group) is 1. The van der Waals surface area contributed by atoms with Gasteiger partial charge in [0.05, 0.1) is 62.0 Å². The molecule has 10 nitrogen and oxygen atoms in total. The molecular weight excluding hydrogens is 644 g/mol. The molecule has 2 fully saturated rings. The van der Waals surface area contributed by atoms with Crippen molar-refractivity contribution in [1.29, 1.82) is 0 Å². The number of ether oxygens (including phenoxy) is 4. The van der Waals surface area contributed by atoms with Crippen molar-refractivity contribution >= 4 is 29.4 Å². The lowest BCUT2D eigenvalue weighted by atomic mass is 9.78. The van der Waals surface area contributed by atoms with Gasteiger partial charge in [0.15, 0.2) is 23.0 Å². The van der Waals surface area contributed by atoms with Crippen LogP contribution in [0.2, 0.25) is 0 Å². The van der Waals surface area contributed by atoms with Gasteiger partial charge in [0.1, 0.15) is 0 Å². The predicted molar refractivity (Wildman–Crippen MR) is 202 cm³/mol. The summed E-state index contributed by atoms with van der Waals surface area (Å²) in [7, 11) is 5.25. The van der Waals surface area contributed by atoms with Crippen molar-refractivity contribution in [3.8, 4) is 23.0 Å². The number of methoxy groups -OCH3 is 2. The first kappa shape index (κ1) is 36.3. The molecule has 2 unspecified atom stereocenters. The van der Waals surface area contributed by atoms with Gasteiger partial charge in [-0.1, -0.05) is 52.0 Å². The fourth-order valence-electron chi connectivity index (χ4n) is 7.59. The molecule has 2 saturated heterocycles. The summed E-state index contributed by atoms with van der Waals surface area (Å²) in [6, 6.07) is 7.53. The molecule has 51 heavy (non-hydrogen) atoms. The molecule has 274 valence electrons. The number of benzene rings is 2. The van der Waals surface area contributed by atoms with Gasteiger partial charge >= 0.3 is 0 Å². The Morgan fingerprint density at radius 1 is 0.784 bits per heavy atom. The Labute approximate surface area is 303 Å². The Morgan fingerprint density at radius 3 is 2.10 bits per heavy atom. The number of carbonyl (C=O) groups is 2. The largest absolute Gasteiger partial charge is 0.493 e. The van der Waals surface area contributed by atoms with E-state index in [-0.39, 0.29) is 40.8 Å². The molecule has 3 atom stereocenters. The zero-order valence-corrected chi connectivity index (χ0v) is 31.6. The van der Waals surface area contributed by atoms with Gasteiger partial charge in [-0.05, 0) is 62.0 Å². The van der Waals surface area contributed by atoms with Crippen molar-refractivity contribution in [2.45, 2.75) is 84.8 Å². The second kappa shape index (κ2) is 13.9. The first-order chi connectivity index (χ1) is 24.1. The molecule has 4 heterocycles. The zero-order chi connectivity index (χ0) is 36.8. The quantitative estimate of drug-likeness (QED) is 0.212. The Kier molecular flexibility index (Phi) is 9.92. The van der Waals surface area contributed by atoms with Gasteiger partial charge < -0.3 is 33.6 Å². The van der Waals surface area contributed by atoms with Crippen LogP contribution in [0.4, 0.5) is 11.4 Å². The van der Waals surface area contributed by atoms with Crippen molar-refractivity contribution in [1.82, 2.24) is 9.80 Å². The number of hydrogen-bond acceptors (Lipinski definition) is 8. The van der Waals surface area contributed by atoms with Gasteiger partial charge in [-0.3, -0.25) is 14.6 Å². The molecule has 0 radical (unpaired) electrons. The molecule has 4 aliphatic rings. The SMILES string of the molecule is C=C1CC2C=Nc3cc(OCC(C)(C)CCC(C)(C)CCOc4cc5c(cc4OC)C(=O)N4CC(=C)C[C@H]4C(C)N5C)c(OC)cc3C(=O)N2C1. The van der Waals surface area contributed by atoms with Crippen LogP contribution in [0.25, 0.3) is 0 Å². The van der Waals surface area contributed by atoms with Gasteiger partial charge in [0.2, 0.25) is 0 Å². The average molecular weight is 699 g/mol. The number of hydrogen-bond donors (Lipinski definition) is 0. The second-order valence-electron chi connectivity index (χ2n) is 16.3. The summed E-state index contributed by atoms with van der Waals surface area (Å²) >= 11 is 0. The maximum absolute atomic E-state index is 13.6. The monoisotopic (exact) mass is 698 g/mol. The van der Waals surface area contributed by atoms with Gasteiger partial charge in [0, 0.05) is 44.5 Å². The standard InChI is InChI=1S/C41H54N4O6/c1-25-15-28-21-42-31-19-36(34(48-9)17-29(31)38(46)44(28)22-25)51-24-41(6,7)12-11-40(4,5)13-14-50-37-20-33-30(18-35(37)49-10)39(47)45-23-26(2)16-32(45)27(3)43(33)8/h17-21,27-28,32H,1-2,11-16,22-24H2,3-10H3/t27?,28?,32-/m0/s1. The molecule has 0 saturated carbocycles. The highest BCUT2D eigenvalue weighted by atomic mass is 16.5. The summed E-state index contributed by atoms with van der Waals surface area (Å²) in [6.45, 7) is 21.5. The van der Waals surface area contributed by atoms with E-state index in [1.54, 1.807) is 20.3 Å². The maximum Gasteiger partial charge on any atom is 0.257 e. The van der Waals surface area contributed by atoms with E-state index in [4.69, 9.17) is 18.9 Å². The highest BCUT2D eigenvalue weighted by Crippen LogP contribution is 2.43. The van der Waals surface area contributed by atoms with Gasteiger partial charge in [-0.25, -0.2) is 0 Å². The Morgan fingerprint density at radius 2 is 1.39 bits per heavy atom.